The van der Waals surface area contributed by atoms with Gasteiger partial charge in [0.25, 0.3) is 0 Å². The van der Waals surface area contributed by atoms with Crippen molar-refractivity contribution in [2.45, 2.75) is 13.5 Å². The summed E-state index contributed by atoms with van der Waals surface area (Å²) >= 11 is 0. The molecule has 0 aliphatic heterocycles. The second kappa shape index (κ2) is 12.3. The average molecular weight is 473 g/mol. The number of methoxy groups -OCH3 is 1. The highest BCUT2D eigenvalue weighted by Gasteiger charge is 2.14. The van der Waals surface area contributed by atoms with E-state index >= 15 is 0 Å². The van der Waals surface area contributed by atoms with Gasteiger partial charge in [0.1, 0.15) is 18.1 Å². The van der Waals surface area contributed by atoms with Gasteiger partial charge in [0, 0.05) is 13.1 Å². The van der Waals surface area contributed by atoms with E-state index < -0.39 is 0 Å². The van der Waals surface area contributed by atoms with Crippen molar-refractivity contribution in [3.05, 3.63) is 89.0 Å². The van der Waals surface area contributed by atoms with E-state index in [0.717, 1.165) is 46.7 Å². The summed E-state index contributed by atoms with van der Waals surface area (Å²) in [5.41, 5.74) is 5.89. The third kappa shape index (κ3) is 7.28. The molecule has 0 saturated carbocycles. The molecule has 0 saturated heterocycles. The number of hydrogen-bond donors (Lipinski definition) is 0. The lowest BCUT2D eigenvalue weighted by atomic mass is 9.96. The molecule has 5 heteroatoms. The standard InChI is InChI=1S/C30H36N2O3/c1-22-9-7-8-10-27(22)24-13-16-30(35-18-17-31(2)3)28(20-24)29(33)15-12-23-19-26(34-6)14-11-25(23)21-32(4)5/h7-16,19-20H,17-18,21H2,1-6H3/b15-12+. The zero-order valence-electron chi connectivity index (χ0n) is 21.7. The lowest BCUT2D eigenvalue weighted by Gasteiger charge is -2.15. The molecule has 0 aliphatic carbocycles. The molecule has 0 fully saturated rings. The Bertz CT molecular complexity index is 1180. The van der Waals surface area contributed by atoms with Crippen molar-refractivity contribution in [2.24, 2.45) is 0 Å². The SMILES string of the molecule is COc1ccc(CN(C)C)c(/C=C/C(=O)c2cc(-c3ccccc3C)ccc2OCCN(C)C)c1. The van der Waals surface area contributed by atoms with Gasteiger partial charge in [0.05, 0.1) is 12.7 Å². The lowest BCUT2D eigenvalue weighted by Crippen LogP contribution is -2.20. The van der Waals surface area contributed by atoms with E-state index in [2.05, 4.69) is 28.9 Å². The predicted octanol–water partition coefficient (Wildman–Crippen LogP) is 5.57. The van der Waals surface area contributed by atoms with Crippen molar-refractivity contribution in [1.82, 2.24) is 9.80 Å². The van der Waals surface area contributed by atoms with Crippen molar-refractivity contribution in [3.8, 4) is 22.6 Å². The largest absolute Gasteiger partial charge is 0.497 e. The highest BCUT2D eigenvalue weighted by Crippen LogP contribution is 2.30. The fourth-order valence-corrected chi connectivity index (χ4v) is 3.85. The Labute approximate surface area is 209 Å². The quantitative estimate of drug-likeness (QED) is 0.270. The fraction of sp³-hybridized carbons (Fsp3) is 0.300. The van der Waals surface area contributed by atoms with Crippen LogP contribution in [0.4, 0.5) is 0 Å². The van der Waals surface area contributed by atoms with Crippen molar-refractivity contribution < 1.29 is 14.3 Å². The number of ketones is 1. The third-order valence-electron chi connectivity index (χ3n) is 5.75. The number of rotatable bonds is 11. The molecule has 35 heavy (non-hydrogen) atoms. The number of ether oxygens (including phenoxy) is 2. The van der Waals surface area contributed by atoms with Crippen LogP contribution in [-0.2, 0) is 6.54 Å². The second-order valence-corrected chi connectivity index (χ2v) is 9.18. The Morgan fingerprint density at radius 1 is 0.943 bits per heavy atom. The molecule has 0 atom stereocenters. The summed E-state index contributed by atoms with van der Waals surface area (Å²) in [6, 6.07) is 20.0. The van der Waals surface area contributed by atoms with E-state index in [1.807, 2.05) is 82.8 Å². The number of hydrogen-bond acceptors (Lipinski definition) is 5. The zero-order valence-corrected chi connectivity index (χ0v) is 21.7. The Hall–Kier alpha value is -3.41. The first-order valence-electron chi connectivity index (χ1n) is 11.8. The smallest absolute Gasteiger partial charge is 0.189 e. The molecular weight excluding hydrogens is 436 g/mol. The van der Waals surface area contributed by atoms with Crippen molar-refractivity contribution in [2.75, 3.05) is 48.5 Å². The average Bonchev–Trinajstić information content (AvgIpc) is 2.83. The lowest BCUT2D eigenvalue weighted by molar-refractivity contribution is 0.104. The van der Waals surface area contributed by atoms with E-state index in [-0.39, 0.29) is 5.78 Å². The Morgan fingerprint density at radius 2 is 1.71 bits per heavy atom. The highest BCUT2D eigenvalue weighted by molar-refractivity contribution is 6.09. The van der Waals surface area contributed by atoms with Gasteiger partial charge < -0.3 is 19.3 Å². The first-order chi connectivity index (χ1) is 16.8. The minimum atomic E-state index is -0.0982. The number of aryl methyl sites for hydroxylation is 1. The van der Waals surface area contributed by atoms with E-state index in [9.17, 15) is 4.79 Å². The number of carbonyl (C=O) groups excluding carboxylic acids is 1. The van der Waals surface area contributed by atoms with Gasteiger partial charge in [-0.3, -0.25) is 4.79 Å². The second-order valence-electron chi connectivity index (χ2n) is 9.18. The molecule has 0 aromatic heterocycles. The molecule has 0 bridgehead atoms. The topological polar surface area (TPSA) is 42.0 Å². The maximum absolute atomic E-state index is 13.5. The van der Waals surface area contributed by atoms with Gasteiger partial charge in [-0.1, -0.05) is 42.5 Å². The molecule has 184 valence electrons. The van der Waals surface area contributed by atoms with Crippen LogP contribution in [0.3, 0.4) is 0 Å². The molecule has 0 aliphatic rings. The Kier molecular flexibility index (Phi) is 9.24. The summed E-state index contributed by atoms with van der Waals surface area (Å²) in [6.07, 6.45) is 3.50. The van der Waals surface area contributed by atoms with Gasteiger partial charge in [0.15, 0.2) is 5.78 Å². The summed E-state index contributed by atoms with van der Waals surface area (Å²) in [5, 5.41) is 0. The van der Waals surface area contributed by atoms with Crippen LogP contribution >= 0.6 is 0 Å². The predicted molar refractivity (Wildman–Crippen MR) is 144 cm³/mol. The maximum atomic E-state index is 13.5. The van der Waals surface area contributed by atoms with E-state index in [4.69, 9.17) is 9.47 Å². The van der Waals surface area contributed by atoms with E-state index in [1.54, 1.807) is 13.2 Å². The van der Waals surface area contributed by atoms with Gasteiger partial charge in [-0.05, 0) is 93.3 Å². The van der Waals surface area contributed by atoms with Crippen molar-refractivity contribution in [3.63, 3.8) is 0 Å². The van der Waals surface area contributed by atoms with Crippen LogP contribution in [0.1, 0.15) is 27.0 Å². The summed E-state index contributed by atoms with van der Waals surface area (Å²) < 4.78 is 11.4. The summed E-state index contributed by atoms with van der Waals surface area (Å²) in [6.45, 7) is 4.11. The third-order valence-corrected chi connectivity index (χ3v) is 5.75. The Balaban J connectivity index is 1.98. The van der Waals surface area contributed by atoms with Crippen LogP contribution in [0.5, 0.6) is 11.5 Å². The first-order valence-corrected chi connectivity index (χ1v) is 11.8. The molecule has 3 aromatic carbocycles. The minimum Gasteiger partial charge on any atom is -0.497 e. The molecule has 0 unspecified atom stereocenters. The zero-order chi connectivity index (χ0) is 25.4. The molecule has 0 radical (unpaired) electrons. The monoisotopic (exact) mass is 472 g/mol. The number of carbonyl (C=O) groups is 1. The number of allylic oxidation sites excluding steroid dienone is 1. The van der Waals surface area contributed by atoms with Crippen molar-refractivity contribution in [1.29, 1.82) is 0 Å². The van der Waals surface area contributed by atoms with E-state index in [1.165, 1.54) is 0 Å². The molecular formula is C30H36N2O3. The number of benzene rings is 3. The van der Waals surface area contributed by atoms with Gasteiger partial charge >= 0.3 is 0 Å². The fourth-order valence-electron chi connectivity index (χ4n) is 3.85. The summed E-state index contributed by atoms with van der Waals surface area (Å²) in [4.78, 5) is 17.6. The van der Waals surface area contributed by atoms with Crippen LogP contribution in [0.25, 0.3) is 17.2 Å². The summed E-state index contributed by atoms with van der Waals surface area (Å²) in [5.74, 6) is 1.26. The molecule has 5 nitrogen and oxygen atoms in total. The molecule has 3 aromatic rings. The van der Waals surface area contributed by atoms with Gasteiger partial charge in [-0.15, -0.1) is 0 Å². The summed E-state index contributed by atoms with van der Waals surface area (Å²) in [7, 11) is 9.69. The highest BCUT2D eigenvalue weighted by atomic mass is 16.5. The number of likely N-dealkylation sites (N-methyl/N-ethyl adjacent to an activating group) is 1. The van der Waals surface area contributed by atoms with Crippen LogP contribution in [0, 0.1) is 6.92 Å². The van der Waals surface area contributed by atoms with Crippen LogP contribution in [0.2, 0.25) is 0 Å². The minimum absolute atomic E-state index is 0.0982. The van der Waals surface area contributed by atoms with Crippen LogP contribution < -0.4 is 9.47 Å². The molecule has 0 heterocycles. The maximum Gasteiger partial charge on any atom is 0.189 e. The molecule has 0 N–H and O–H groups in total. The number of nitrogens with zero attached hydrogens (tertiary/aromatic N) is 2. The molecule has 0 amide bonds. The van der Waals surface area contributed by atoms with Gasteiger partial charge in [-0.2, -0.15) is 0 Å². The van der Waals surface area contributed by atoms with Crippen molar-refractivity contribution >= 4 is 11.9 Å². The molecule has 3 rings (SSSR count). The van der Waals surface area contributed by atoms with Crippen LogP contribution in [0.15, 0.2) is 66.7 Å². The first kappa shape index (κ1) is 26.2. The van der Waals surface area contributed by atoms with Gasteiger partial charge in [0.2, 0.25) is 0 Å². The normalized spacial score (nSPS) is 11.4. The van der Waals surface area contributed by atoms with E-state index in [0.29, 0.717) is 17.9 Å². The Morgan fingerprint density at radius 3 is 2.40 bits per heavy atom. The van der Waals surface area contributed by atoms with Crippen LogP contribution in [-0.4, -0.2) is 64.0 Å². The van der Waals surface area contributed by atoms with Gasteiger partial charge in [-0.25, -0.2) is 0 Å². The molecule has 0 spiro atoms.